The van der Waals surface area contributed by atoms with Crippen LogP contribution >= 0.6 is 0 Å². The molecule has 2 aromatic rings. The van der Waals surface area contributed by atoms with Crippen LogP contribution in [0.3, 0.4) is 0 Å². The van der Waals surface area contributed by atoms with E-state index in [9.17, 15) is 8.60 Å². The van der Waals surface area contributed by atoms with Gasteiger partial charge < -0.3 is 4.57 Å². The van der Waals surface area contributed by atoms with Gasteiger partial charge in [-0.25, -0.2) is 9.37 Å². The van der Waals surface area contributed by atoms with Crippen molar-refractivity contribution in [2.45, 2.75) is 11.3 Å². The summed E-state index contributed by atoms with van der Waals surface area (Å²) in [6, 6.07) is 5.91. The number of imidazole rings is 1. The van der Waals surface area contributed by atoms with Crippen molar-refractivity contribution in [3.05, 3.63) is 48.3 Å². The summed E-state index contributed by atoms with van der Waals surface area (Å²) in [5, 5.41) is 0. The van der Waals surface area contributed by atoms with E-state index in [0.717, 1.165) is 5.82 Å². The van der Waals surface area contributed by atoms with Crippen molar-refractivity contribution < 1.29 is 8.60 Å². The summed E-state index contributed by atoms with van der Waals surface area (Å²) in [5.74, 6) is 0.983. The summed E-state index contributed by atoms with van der Waals surface area (Å²) >= 11 is 0. The predicted molar refractivity (Wildman–Crippen MR) is 64.6 cm³/mol. The molecule has 0 saturated carbocycles. The fourth-order valence-electron chi connectivity index (χ4n) is 1.55. The van der Waals surface area contributed by atoms with Crippen LogP contribution in [0.4, 0.5) is 4.39 Å². The van der Waals surface area contributed by atoms with Gasteiger partial charge in [-0.15, -0.1) is 0 Å². The Morgan fingerprint density at radius 1 is 1.47 bits per heavy atom. The summed E-state index contributed by atoms with van der Waals surface area (Å²) in [5.41, 5.74) is 0. The molecule has 0 aliphatic carbocycles. The highest BCUT2D eigenvalue weighted by atomic mass is 32.2. The van der Waals surface area contributed by atoms with E-state index in [-0.39, 0.29) is 5.82 Å². The molecule has 1 atom stereocenters. The van der Waals surface area contributed by atoms with Crippen molar-refractivity contribution in [1.82, 2.24) is 9.55 Å². The van der Waals surface area contributed by atoms with Crippen molar-refractivity contribution in [2.24, 2.45) is 7.05 Å². The Kier molecular flexibility index (Phi) is 3.68. The van der Waals surface area contributed by atoms with Gasteiger partial charge in [-0.1, -0.05) is 6.07 Å². The molecule has 1 aromatic heterocycles. The lowest BCUT2D eigenvalue weighted by atomic mass is 10.4. The van der Waals surface area contributed by atoms with E-state index in [0.29, 0.717) is 17.1 Å². The molecule has 0 fully saturated rings. The number of aromatic nitrogens is 2. The number of halogens is 1. The predicted octanol–water partition coefficient (Wildman–Crippen LogP) is 1.91. The van der Waals surface area contributed by atoms with Crippen LogP contribution in [-0.2, 0) is 24.3 Å². The summed E-state index contributed by atoms with van der Waals surface area (Å²) in [7, 11) is 0.716. The van der Waals surface area contributed by atoms with Crippen molar-refractivity contribution in [3.63, 3.8) is 0 Å². The van der Waals surface area contributed by atoms with Gasteiger partial charge in [0.1, 0.15) is 11.6 Å². The van der Waals surface area contributed by atoms with Crippen LogP contribution in [0, 0.1) is 5.82 Å². The minimum Gasteiger partial charge on any atom is -0.338 e. The first-order valence-electron chi connectivity index (χ1n) is 5.27. The lowest BCUT2D eigenvalue weighted by Gasteiger charge is -2.03. The van der Waals surface area contributed by atoms with E-state index in [1.807, 2.05) is 17.8 Å². The first-order chi connectivity index (χ1) is 8.16. The number of benzene rings is 1. The van der Waals surface area contributed by atoms with Gasteiger partial charge in [0.05, 0.1) is 10.8 Å². The normalized spacial score (nSPS) is 12.6. The standard InChI is InChI=1S/C12H13FN2OS/c1-15-7-6-14-12(15)5-8-17(16)11-4-2-3-10(13)9-11/h2-4,6-7,9H,5,8H2,1H3. The lowest BCUT2D eigenvalue weighted by Crippen LogP contribution is -2.06. The first kappa shape index (κ1) is 12.0. The van der Waals surface area contributed by atoms with E-state index in [1.54, 1.807) is 18.3 Å². The molecular weight excluding hydrogens is 239 g/mol. The van der Waals surface area contributed by atoms with Gasteiger partial charge in [-0.3, -0.25) is 4.21 Å². The molecule has 0 aliphatic rings. The Morgan fingerprint density at radius 3 is 2.94 bits per heavy atom. The molecule has 1 unspecified atom stereocenters. The maximum Gasteiger partial charge on any atom is 0.124 e. The molecule has 0 saturated heterocycles. The molecule has 0 amide bonds. The third kappa shape index (κ3) is 3.00. The summed E-state index contributed by atoms with van der Waals surface area (Å²) < 4.78 is 26.8. The molecule has 90 valence electrons. The highest BCUT2D eigenvalue weighted by molar-refractivity contribution is 7.85. The van der Waals surface area contributed by atoms with Gasteiger partial charge >= 0.3 is 0 Å². The highest BCUT2D eigenvalue weighted by Crippen LogP contribution is 2.10. The Bertz CT molecular complexity index is 539. The zero-order valence-corrected chi connectivity index (χ0v) is 10.3. The minimum absolute atomic E-state index is 0.354. The monoisotopic (exact) mass is 252 g/mol. The zero-order valence-electron chi connectivity index (χ0n) is 9.47. The number of aryl methyl sites for hydroxylation is 2. The maximum atomic E-state index is 13.0. The van der Waals surface area contributed by atoms with Crippen molar-refractivity contribution >= 4 is 10.8 Å². The number of hydrogen-bond donors (Lipinski definition) is 0. The van der Waals surface area contributed by atoms with E-state index < -0.39 is 10.8 Å². The third-order valence-corrected chi connectivity index (χ3v) is 3.85. The molecule has 0 radical (unpaired) electrons. The minimum atomic E-state index is -1.18. The largest absolute Gasteiger partial charge is 0.338 e. The fourth-order valence-corrected chi connectivity index (χ4v) is 2.63. The Hall–Kier alpha value is -1.49. The smallest absolute Gasteiger partial charge is 0.124 e. The van der Waals surface area contributed by atoms with Crippen LogP contribution in [0.25, 0.3) is 0 Å². The first-order valence-corrected chi connectivity index (χ1v) is 6.59. The quantitative estimate of drug-likeness (QED) is 0.833. The molecule has 2 rings (SSSR count). The molecule has 0 bridgehead atoms. The fraction of sp³-hybridized carbons (Fsp3) is 0.250. The molecule has 3 nitrogen and oxygen atoms in total. The summed E-state index contributed by atoms with van der Waals surface area (Å²) in [4.78, 5) is 4.68. The molecule has 1 aromatic carbocycles. The Balaban J connectivity index is 2.01. The second-order valence-corrected chi connectivity index (χ2v) is 5.28. The Labute approximate surface area is 102 Å². The molecule has 5 heteroatoms. The van der Waals surface area contributed by atoms with Gasteiger partial charge in [0.15, 0.2) is 0 Å². The van der Waals surface area contributed by atoms with Crippen LogP contribution in [-0.4, -0.2) is 19.5 Å². The van der Waals surface area contributed by atoms with Crippen LogP contribution in [0.2, 0.25) is 0 Å². The average Bonchev–Trinajstić information content (AvgIpc) is 2.72. The second kappa shape index (κ2) is 5.23. The topological polar surface area (TPSA) is 34.9 Å². The van der Waals surface area contributed by atoms with Gasteiger partial charge in [0, 0.05) is 36.5 Å². The molecule has 0 spiro atoms. The van der Waals surface area contributed by atoms with Crippen molar-refractivity contribution in [1.29, 1.82) is 0 Å². The SMILES string of the molecule is Cn1ccnc1CCS(=O)c1cccc(F)c1. The van der Waals surface area contributed by atoms with E-state index in [1.165, 1.54) is 12.1 Å². The van der Waals surface area contributed by atoms with Crippen molar-refractivity contribution in [2.75, 3.05) is 5.75 Å². The van der Waals surface area contributed by atoms with Gasteiger partial charge in [-0.05, 0) is 18.2 Å². The van der Waals surface area contributed by atoms with E-state index in [4.69, 9.17) is 0 Å². The molecule has 1 heterocycles. The van der Waals surface area contributed by atoms with Gasteiger partial charge in [0.2, 0.25) is 0 Å². The van der Waals surface area contributed by atoms with E-state index in [2.05, 4.69) is 4.98 Å². The third-order valence-electron chi connectivity index (χ3n) is 2.49. The molecule has 17 heavy (non-hydrogen) atoms. The van der Waals surface area contributed by atoms with Crippen LogP contribution in [0.1, 0.15) is 5.82 Å². The summed E-state index contributed by atoms with van der Waals surface area (Å²) in [6.07, 6.45) is 4.17. The van der Waals surface area contributed by atoms with Crippen LogP contribution in [0.15, 0.2) is 41.6 Å². The summed E-state index contributed by atoms with van der Waals surface area (Å²) in [6.45, 7) is 0. The number of nitrogens with zero attached hydrogens (tertiary/aromatic N) is 2. The average molecular weight is 252 g/mol. The second-order valence-electron chi connectivity index (χ2n) is 3.71. The maximum absolute atomic E-state index is 13.0. The molecule has 0 aliphatic heterocycles. The van der Waals surface area contributed by atoms with Crippen LogP contribution < -0.4 is 0 Å². The highest BCUT2D eigenvalue weighted by Gasteiger charge is 2.07. The van der Waals surface area contributed by atoms with Gasteiger partial charge in [-0.2, -0.15) is 0 Å². The van der Waals surface area contributed by atoms with Crippen molar-refractivity contribution in [3.8, 4) is 0 Å². The number of hydrogen-bond acceptors (Lipinski definition) is 2. The van der Waals surface area contributed by atoms with E-state index >= 15 is 0 Å². The Morgan fingerprint density at radius 2 is 2.29 bits per heavy atom. The number of rotatable bonds is 4. The molecule has 0 N–H and O–H groups in total. The van der Waals surface area contributed by atoms with Gasteiger partial charge in [0.25, 0.3) is 0 Å². The zero-order chi connectivity index (χ0) is 12.3. The molecular formula is C12H13FN2OS. The van der Waals surface area contributed by atoms with Crippen LogP contribution in [0.5, 0.6) is 0 Å². The lowest BCUT2D eigenvalue weighted by molar-refractivity contribution is 0.622.